The minimum atomic E-state index is -0.661. The molecule has 2 rings (SSSR count). The van der Waals surface area contributed by atoms with E-state index in [9.17, 15) is 19.7 Å². The maximum Gasteiger partial charge on any atom is 0.306 e. The maximum absolute atomic E-state index is 11.9. The highest BCUT2D eigenvalue weighted by Crippen LogP contribution is 2.21. The first kappa shape index (κ1) is 19.6. The molecule has 0 aliphatic rings. The van der Waals surface area contributed by atoms with Crippen LogP contribution in [0.1, 0.15) is 29.0 Å². The number of aryl methyl sites for hydroxylation is 2. The molecule has 0 saturated heterocycles. The minimum absolute atomic E-state index is 0.0527. The Bertz CT molecular complexity index is 908. The van der Waals surface area contributed by atoms with Crippen molar-refractivity contribution in [3.63, 3.8) is 0 Å². The highest BCUT2D eigenvalue weighted by atomic mass is 16.6. The van der Waals surface area contributed by atoms with Gasteiger partial charge in [-0.1, -0.05) is 5.16 Å². The zero-order valence-corrected chi connectivity index (χ0v) is 14.6. The van der Waals surface area contributed by atoms with E-state index in [4.69, 9.17) is 14.5 Å². The molecule has 1 heterocycles. The number of esters is 1. The lowest BCUT2D eigenvalue weighted by Gasteiger charge is -2.08. The second-order valence-corrected chi connectivity index (χ2v) is 5.61. The standard InChI is InChI=1S/C17H16N4O6/c1-10-14(11(2)27-20-10)4-6-17(23)26-9-16(22)19-15-5-3-13(21(24)25)7-12(15)8-18/h3,5,7H,4,6,9H2,1-2H3,(H,19,22). The maximum atomic E-state index is 11.9. The number of aromatic nitrogens is 1. The normalized spacial score (nSPS) is 10.1. The summed E-state index contributed by atoms with van der Waals surface area (Å²) in [7, 11) is 0. The third-order valence-electron chi connectivity index (χ3n) is 3.73. The second-order valence-electron chi connectivity index (χ2n) is 5.61. The molecule has 140 valence electrons. The summed E-state index contributed by atoms with van der Waals surface area (Å²) in [4.78, 5) is 33.7. The van der Waals surface area contributed by atoms with Gasteiger partial charge in [0.2, 0.25) is 0 Å². The van der Waals surface area contributed by atoms with Gasteiger partial charge in [0.1, 0.15) is 11.8 Å². The average Bonchev–Trinajstić information content (AvgIpc) is 2.96. The van der Waals surface area contributed by atoms with Crippen LogP contribution in [0.3, 0.4) is 0 Å². The van der Waals surface area contributed by atoms with Crippen LogP contribution in [0.2, 0.25) is 0 Å². The predicted octanol–water partition coefficient (Wildman–Crippen LogP) is 2.19. The number of nitro groups is 1. The summed E-state index contributed by atoms with van der Waals surface area (Å²) in [6.45, 7) is 2.97. The monoisotopic (exact) mass is 372 g/mol. The molecule has 0 aliphatic carbocycles. The molecule has 0 bridgehead atoms. The number of ether oxygens (including phenoxy) is 1. The highest BCUT2D eigenvalue weighted by molar-refractivity contribution is 5.94. The fraction of sp³-hybridized carbons (Fsp3) is 0.294. The molecular weight excluding hydrogens is 356 g/mol. The topological polar surface area (TPSA) is 148 Å². The summed E-state index contributed by atoms with van der Waals surface area (Å²) in [5.41, 5.74) is 1.28. The quantitative estimate of drug-likeness (QED) is 0.441. The average molecular weight is 372 g/mol. The van der Waals surface area contributed by atoms with Gasteiger partial charge in [0.25, 0.3) is 11.6 Å². The third kappa shape index (κ3) is 5.12. The minimum Gasteiger partial charge on any atom is -0.456 e. The van der Waals surface area contributed by atoms with Crippen LogP contribution < -0.4 is 5.32 Å². The molecule has 2 aromatic rings. The SMILES string of the molecule is Cc1noc(C)c1CCC(=O)OCC(=O)Nc1ccc([N+](=O)[O-])cc1C#N. The summed E-state index contributed by atoms with van der Waals surface area (Å²) in [5, 5.41) is 25.9. The van der Waals surface area contributed by atoms with Crippen LogP contribution in [-0.4, -0.2) is 28.6 Å². The lowest BCUT2D eigenvalue weighted by atomic mass is 10.1. The Labute approximate surface area is 153 Å². The van der Waals surface area contributed by atoms with E-state index in [1.807, 2.05) is 0 Å². The molecule has 0 atom stereocenters. The molecule has 1 amide bonds. The Morgan fingerprint density at radius 2 is 2.15 bits per heavy atom. The van der Waals surface area contributed by atoms with Crippen molar-refractivity contribution in [2.75, 3.05) is 11.9 Å². The van der Waals surface area contributed by atoms with Gasteiger partial charge >= 0.3 is 5.97 Å². The van der Waals surface area contributed by atoms with E-state index in [2.05, 4.69) is 10.5 Å². The molecule has 0 saturated carbocycles. The number of carbonyl (C=O) groups is 2. The number of hydrogen-bond acceptors (Lipinski definition) is 8. The van der Waals surface area contributed by atoms with Crippen LogP contribution >= 0.6 is 0 Å². The molecule has 1 N–H and O–H groups in total. The van der Waals surface area contributed by atoms with E-state index in [0.29, 0.717) is 17.9 Å². The first-order valence-electron chi connectivity index (χ1n) is 7.87. The smallest absolute Gasteiger partial charge is 0.306 e. The van der Waals surface area contributed by atoms with Crippen molar-refractivity contribution in [1.82, 2.24) is 5.16 Å². The molecule has 1 aromatic heterocycles. The van der Waals surface area contributed by atoms with E-state index in [1.165, 1.54) is 6.07 Å². The molecule has 0 radical (unpaired) electrons. The Kier molecular flexibility index (Phi) is 6.22. The van der Waals surface area contributed by atoms with Crippen LogP contribution in [0.15, 0.2) is 22.7 Å². The number of carbonyl (C=O) groups excluding carboxylic acids is 2. The van der Waals surface area contributed by atoms with Gasteiger partial charge in [-0.25, -0.2) is 0 Å². The van der Waals surface area contributed by atoms with Gasteiger partial charge in [0, 0.05) is 24.1 Å². The molecule has 0 spiro atoms. The summed E-state index contributed by atoms with van der Waals surface area (Å²) in [6.07, 6.45) is 0.430. The number of rotatable bonds is 7. The molecule has 0 unspecified atom stereocenters. The largest absolute Gasteiger partial charge is 0.456 e. The number of amides is 1. The number of nitrogens with one attached hydrogen (secondary N) is 1. The van der Waals surface area contributed by atoms with Crippen LogP contribution in [0.5, 0.6) is 0 Å². The van der Waals surface area contributed by atoms with Crippen molar-refractivity contribution in [2.24, 2.45) is 0 Å². The summed E-state index contributed by atoms with van der Waals surface area (Å²) >= 11 is 0. The lowest BCUT2D eigenvalue weighted by Crippen LogP contribution is -2.21. The third-order valence-corrected chi connectivity index (χ3v) is 3.73. The van der Waals surface area contributed by atoms with Gasteiger partial charge in [-0.3, -0.25) is 19.7 Å². The van der Waals surface area contributed by atoms with Crippen LogP contribution in [0.25, 0.3) is 0 Å². The number of benzene rings is 1. The van der Waals surface area contributed by atoms with Crippen molar-refractivity contribution in [1.29, 1.82) is 5.26 Å². The van der Waals surface area contributed by atoms with E-state index >= 15 is 0 Å². The van der Waals surface area contributed by atoms with Crippen LogP contribution in [0.4, 0.5) is 11.4 Å². The Morgan fingerprint density at radius 3 is 2.74 bits per heavy atom. The van der Waals surface area contributed by atoms with Gasteiger partial charge in [-0.2, -0.15) is 5.26 Å². The van der Waals surface area contributed by atoms with Crippen molar-refractivity contribution in [2.45, 2.75) is 26.7 Å². The zero-order chi connectivity index (χ0) is 20.0. The van der Waals surface area contributed by atoms with Gasteiger partial charge in [0.05, 0.1) is 21.9 Å². The summed E-state index contributed by atoms with van der Waals surface area (Å²) < 4.78 is 9.90. The Balaban J connectivity index is 1.86. The van der Waals surface area contributed by atoms with Gasteiger partial charge in [0.15, 0.2) is 6.61 Å². The molecule has 0 fully saturated rings. The van der Waals surface area contributed by atoms with Gasteiger partial charge < -0.3 is 14.6 Å². The van der Waals surface area contributed by atoms with E-state index in [1.54, 1.807) is 19.9 Å². The fourth-order valence-corrected chi connectivity index (χ4v) is 2.34. The Morgan fingerprint density at radius 1 is 1.41 bits per heavy atom. The number of non-ortho nitro benzene ring substituents is 1. The van der Waals surface area contributed by atoms with Crippen LogP contribution in [-0.2, 0) is 20.7 Å². The van der Waals surface area contributed by atoms with Crippen molar-refractivity contribution >= 4 is 23.3 Å². The second kappa shape index (κ2) is 8.57. The van der Waals surface area contributed by atoms with Crippen molar-refractivity contribution in [3.8, 4) is 6.07 Å². The van der Waals surface area contributed by atoms with Crippen LogP contribution in [0, 0.1) is 35.3 Å². The first-order valence-corrected chi connectivity index (χ1v) is 7.87. The predicted molar refractivity (Wildman–Crippen MR) is 91.7 cm³/mol. The lowest BCUT2D eigenvalue weighted by molar-refractivity contribution is -0.384. The zero-order valence-electron chi connectivity index (χ0n) is 14.6. The van der Waals surface area contributed by atoms with Gasteiger partial charge in [-0.15, -0.1) is 0 Å². The van der Waals surface area contributed by atoms with Crippen molar-refractivity contribution in [3.05, 3.63) is 50.9 Å². The number of anilines is 1. The molecular formula is C17H16N4O6. The molecule has 10 heteroatoms. The van der Waals surface area contributed by atoms with E-state index in [-0.39, 0.29) is 23.4 Å². The number of nitrogens with zero attached hydrogens (tertiary/aromatic N) is 3. The molecule has 0 aliphatic heterocycles. The number of nitriles is 1. The van der Waals surface area contributed by atoms with E-state index < -0.39 is 23.4 Å². The first-order chi connectivity index (χ1) is 12.8. The number of hydrogen-bond donors (Lipinski definition) is 1. The molecule has 1 aromatic carbocycles. The van der Waals surface area contributed by atoms with Crippen molar-refractivity contribution < 1.29 is 23.8 Å². The Hall–Kier alpha value is -3.74. The fourth-order valence-electron chi connectivity index (χ4n) is 2.34. The van der Waals surface area contributed by atoms with E-state index in [0.717, 1.165) is 17.7 Å². The number of nitro benzene ring substituents is 1. The van der Waals surface area contributed by atoms with Gasteiger partial charge in [-0.05, 0) is 26.3 Å². The summed E-state index contributed by atoms with van der Waals surface area (Å²) in [6, 6.07) is 5.22. The molecule has 27 heavy (non-hydrogen) atoms. The highest BCUT2D eigenvalue weighted by Gasteiger charge is 2.15. The summed E-state index contributed by atoms with van der Waals surface area (Å²) in [5.74, 6) is -0.611. The molecule has 10 nitrogen and oxygen atoms in total.